The number of carbonyl (C=O) groups excluding carboxylic acids is 1. The molecule has 0 saturated carbocycles. The van der Waals surface area contributed by atoms with Crippen molar-refractivity contribution >= 4 is 5.91 Å². The molecule has 0 aliphatic carbocycles. The third-order valence-electron chi connectivity index (χ3n) is 3.27. The minimum atomic E-state index is -0.499. The molecule has 2 aliphatic heterocycles. The summed E-state index contributed by atoms with van der Waals surface area (Å²) in [5.41, 5.74) is -0.557. The van der Waals surface area contributed by atoms with E-state index < -0.39 is 5.54 Å². The summed E-state index contributed by atoms with van der Waals surface area (Å²) in [7, 11) is 0. The van der Waals surface area contributed by atoms with Crippen LogP contribution < -0.4 is 5.32 Å². The molecule has 2 heterocycles. The Labute approximate surface area is 109 Å². The molecule has 1 amide bonds. The molecule has 1 unspecified atom stereocenters. The van der Waals surface area contributed by atoms with Gasteiger partial charge in [-0.05, 0) is 27.7 Å². The van der Waals surface area contributed by atoms with Crippen molar-refractivity contribution < 1.29 is 14.3 Å². The maximum absolute atomic E-state index is 12.3. The number of nitrogens with one attached hydrogen (secondary N) is 1. The molecule has 2 saturated heterocycles. The van der Waals surface area contributed by atoms with Gasteiger partial charge in [0.05, 0.1) is 25.4 Å². The van der Waals surface area contributed by atoms with Crippen LogP contribution in [0.25, 0.3) is 0 Å². The normalized spacial score (nSPS) is 29.4. The molecule has 0 radical (unpaired) electrons. The monoisotopic (exact) mass is 256 g/mol. The number of hydrogen-bond acceptors (Lipinski definition) is 4. The molecule has 18 heavy (non-hydrogen) atoms. The Hall–Kier alpha value is -0.650. The fourth-order valence-electron chi connectivity index (χ4n) is 2.62. The highest BCUT2D eigenvalue weighted by molar-refractivity contribution is 5.86. The Morgan fingerprint density at radius 2 is 2.11 bits per heavy atom. The fourth-order valence-corrected chi connectivity index (χ4v) is 2.62. The molecule has 1 atom stereocenters. The van der Waals surface area contributed by atoms with Gasteiger partial charge in [0.2, 0.25) is 5.91 Å². The van der Waals surface area contributed by atoms with Gasteiger partial charge in [0, 0.05) is 18.6 Å². The van der Waals surface area contributed by atoms with Crippen molar-refractivity contribution in [2.45, 2.75) is 44.9 Å². The van der Waals surface area contributed by atoms with E-state index in [0.717, 1.165) is 13.2 Å². The van der Waals surface area contributed by atoms with Crippen LogP contribution in [0.15, 0.2) is 0 Å². The third-order valence-corrected chi connectivity index (χ3v) is 3.27. The van der Waals surface area contributed by atoms with Crippen LogP contribution in [0.4, 0.5) is 0 Å². The van der Waals surface area contributed by atoms with Crippen LogP contribution in [0.3, 0.4) is 0 Å². The highest BCUT2D eigenvalue weighted by Gasteiger charge is 2.42. The van der Waals surface area contributed by atoms with E-state index in [2.05, 4.69) is 19.2 Å². The van der Waals surface area contributed by atoms with Crippen LogP contribution in [0.5, 0.6) is 0 Å². The highest BCUT2D eigenvalue weighted by Crippen LogP contribution is 2.21. The molecule has 0 aromatic rings. The topological polar surface area (TPSA) is 54.1 Å². The van der Waals surface area contributed by atoms with Crippen molar-refractivity contribution in [3.63, 3.8) is 0 Å². The Morgan fingerprint density at radius 1 is 1.44 bits per heavy atom. The molecule has 5 nitrogen and oxygen atoms in total. The summed E-state index contributed by atoms with van der Waals surface area (Å²) >= 11 is 0. The number of piperazine rings is 1. The lowest BCUT2D eigenvalue weighted by molar-refractivity contribution is -0.144. The number of amides is 1. The summed E-state index contributed by atoms with van der Waals surface area (Å²) in [6.45, 7) is 11.5. The van der Waals surface area contributed by atoms with Gasteiger partial charge in [0.25, 0.3) is 0 Å². The van der Waals surface area contributed by atoms with Crippen molar-refractivity contribution in [3.05, 3.63) is 0 Å². The predicted octanol–water partition coefficient (Wildman–Crippen LogP) is 0.391. The van der Waals surface area contributed by atoms with Crippen LogP contribution in [0.1, 0.15) is 27.7 Å². The van der Waals surface area contributed by atoms with Crippen molar-refractivity contribution in [2.24, 2.45) is 0 Å². The van der Waals surface area contributed by atoms with Crippen LogP contribution in [-0.4, -0.2) is 60.9 Å². The summed E-state index contributed by atoms with van der Waals surface area (Å²) in [5, 5.41) is 3.38. The van der Waals surface area contributed by atoms with Gasteiger partial charge in [-0.2, -0.15) is 0 Å². The van der Waals surface area contributed by atoms with Gasteiger partial charge in [-0.1, -0.05) is 0 Å². The zero-order valence-corrected chi connectivity index (χ0v) is 11.8. The van der Waals surface area contributed by atoms with Gasteiger partial charge in [-0.3, -0.25) is 10.1 Å². The Kier molecular flexibility index (Phi) is 3.67. The largest absolute Gasteiger partial charge is 0.377 e. The van der Waals surface area contributed by atoms with Crippen molar-refractivity contribution in [1.82, 2.24) is 10.2 Å². The van der Waals surface area contributed by atoms with E-state index in [1.54, 1.807) is 0 Å². The molecule has 1 N–H and O–H groups in total. The predicted molar refractivity (Wildman–Crippen MR) is 68.4 cm³/mol. The average Bonchev–Trinajstić information content (AvgIpc) is 3.02. The molecule has 2 fully saturated rings. The number of rotatable bonds is 5. The number of epoxide rings is 1. The number of ether oxygens (including phenoxy) is 2. The SMILES string of the molecule is CC1(C)CN(CCOCC2CO2)C(=O)C(C)(C)N1. The molecule has 0 aromatic carbocycles. The fraction of sp³-hybridized carbons (Fsp3) is 0.923. The second-order valence-electron chi connectivity index (χ2n) is 6.39. The van der Waals surface area contributed by atoms with E-state index in [9.17, 15) is 4.79 Å². The van der Waals surface area contributed by atoms with E-state index in [1.165, 1.54) is 0 Å². The molecule has 2 aliphatic rings. The van der Waals surface area contributed by atoms with E-state index in [4.69, 9.17) is 9.47 Å². The molecular weight excluding hydrogens is 232 g/mol. The van der Waals surface area contributed by atoms with E-state index in [0.29, 0.717) is 19.8 Å². The van der Waals surface area contributed by atoms with Gasteiger partial charge < -0.3 is 14.4 Å². The lowest BCUT2D eigenvalue weighted by atomic mass is 9.91. The Balaban J connectivity index is 1.82. The second-order valence-corrected chi connectivity index (χ2v) is 6.39. The molecule has 104 valence electrons. The minimum absolute atomic E-state index is 0.0585. The second kappa shape index (κ2) is 4.79. The maximum atomic E-state index is 12.3. The van der Waals surface area contributed by atoms with E-state index in [1.807, 2.05) is 18.7 Å². The molecule has 0 aromatic heterocycles. The van der Waals surface area contributed by atoms with Gasteiger partial charge in [-0.15, -0.1) is 0 Å². The van der Waals surface area contributed by atoms with Crippen LogP contribution >= 0.6 is 0 Å². The van der Waals surface area contributed by atoms with Gasteiger partial charge in [-0.25, -0.2) is 0 Å². The Morgan fingerprint density at radius 3 is 2.72 bits per heavy atom. The van der Waals surface area contributed by atoms with Crippen molar-refractivity contribution in [2.75, 3.05) is 32.9 Å². The first-order chi connectivity index (χ1) is 8.30. The summed E-state index contributed by atoms with van der Waals surface area (Å²) in [4.78, 5) is 14.2. The van der Waals surface area contributed by atoms with Crippen LogP contribution in [0, 0.1) is 0 Å². The summed E-state index contributed by atoms with van der Waals surface area (Å²) in [6.07, 6.45) is 0.289. The van der Waals surface area contributed by atoms with Gasteiger partial charge >= 0.3 is 0 Å². The van der Waals surface area contributed by atoms with Crippen molar-refractivity contribution in [1.29, 1.82) is 0 Å². The van der Waals surface area contributed by atoms with Gasteiger partial charge in [0.1, 0.15) is 6.10 Å². The quantitative estimate of drug-likeness (QED) is 0.571. The lowest BCUT2D eigenvalue weighted by Gasteiger charge is -2.47. The van der Waals surface area contributed by atoms with E-state index in [-0.39, 0.29) is 17.6 Å². The lowest BCUT2D eigenvalue weighted by Crippen LogP contribution is -2.69. The number of carbonyl (C=O) groups is 1. The zero-order valence-electron chi connectivity index (χ0n) is 11.8. The average molecular weight is 256 g/mol. The van der Waals surface area contributed by atoms with Gasteiger partial charge in [0.15, 0.2) is 0 Å². The molecule has 0 bridgehead atoms. The van der Waals surface area contributed by atoms with Crippen LogP contribution in [0.2, 0.25) is 0 Å². The zero-order chi connectivity index (χ0) is 13.4. The van der Waals surface area contributed by atoms with E-state index >= 15 is 0 Å². The number of hydrogen-bond donors (Lipinski definition) is 1. The third kappa shape index (κ3) is 3.43. The first-order valence-electron chi connectivity index (χ1n) is 6.58. The molecule has 0 spiro atoms. The molecule has 5 heteroatoms. The first-order valence-corrected chi connectivity index (χ1v) is 6.58. The van der Waals surface area contributed by atoms with Crippen molar-refractivity contribution in [3.8, 4) is 0 Å². The smallest absolute Gasteiger partial charge is 0.242 e. The molecular formula is C13H24N2O3. The highest BCUT2D eigenvalue weighted by atomic mass is 16.6. The number of nitrogens with zero attached hydrogens (tertiary/aromatic N) is 1. The first kappa shape index (κ1) is 13.8. The Bertz CT molecular complexity index is 324. The maximum Gasteiger partial charge on any atom is 0.242 e. The van der Waals surface area contributed by atoms with Crippen LogP contribution in [-0.2, 0) is 14.3 Å². The summed E-state index contributed by atoms with van der Waals surface area (Å²) in [5.74, 6) is 0.146. The molecule has 2 rings (SSSR count). The standard InChI is InChI=1S/C13H24N2O3/c1-12(2)9-15(11(16)13(3,4)14-12)5-6-17-7-10-8-18-10/h10,14H,5-9H2,1-4H3. The minimum Gasteiger partial charge on any atom is -0.377 e. The summed E-state index contributed by atoms with van der Waals surface area (Å²) < 4.78 is 10.6. The summed E-state index contributed by atoms with van der Waals surface area (Å²) in [6, 6.07) is 0.